The highest BCUT2D eigenvalue weighted by atomic mass is 16.3. The fourth-order valence-electron chi connectivity index (χ4n) is 2.41. The van der Waals surface area contributed by atoms with Crippen LogP contribution in [-0.2, 0) is 0 Å². The van der Waals surface area contributed by atoms with Gasteiger partial charge in [-0.3, -0.25) is 0 Å². The second kappa shape index (κ2) is 4.60. The van der Waals surface area contributed by atoms with Crippen molar-refractivity contribution < 1.29 is 9.67 Å². The van der Waals surface area contributed by atoms with Crippen LogP contribution in [0.3, 0.4) is 0 Å². The first-order valence-corrected chi connectivity index (χ1v) is 6.59. The summed E-state index contributed by atoms with van der Waals surface area (Å²) in [6.45, 7) is 10.7. The van der Waals surface area contributed by atoms with E-state index in [1.54, 1.807) is 0 Å². The van der Waals surface area contributed by atoms with Gasteiger partial charge in [0.1, 0.15) is 5.75 Å². The van der Waals surface area contributed by atoms with Gasteiger partial charge in [-0.05, 0) is 43.9 Å². The Morgan fingerprint density at radius 2 is 1.78 bits per heavy atom. The second-order valence-corrected chi connectivity index (χ2v) is 5.58. The molecule has 0 aliphatic heterocycles. The predicted octanol–water partition coefficient (Wildman–Crippen LogP) is 3.85. The molecule has 0 aliphatic carbocycles. The Kier molecular flexibility index (Phi) is 3.29. The zero-order chi connectivity index (χ0) is 13.4. The van der Waals surface area contributed by atoms with Gasteiger partial charge in [-0.1, -0.05) is 13.8 Å². The summed E-state index contributed by atoms with van der Waals surface area (Å²) in [5, 5.41) is 11.2. The minimum atomic E-state index is 0.373. The molecule has 18 heavy (non-hydrogen) atoms. The Hall–Kier alpha value is -1.57. The number of phenolic OH excluding ortho intramolecular Hbond substituents is 1. The van der Waals surface area contributed by atoms with Gasteiger partial charge in [0.2, 0.25) is 5.52 Å². The summed E-state index contributed by atoms with van der Waals surface area (Å²) < 4.78 is 2.21. The highest BCUT2D eigenvalue weighted by molar-refractivity contribution is 5.82. The topological polar surface area (TPSA) is 24.1 Å². The molecule has 0 spiro atoms. The number of aromatic nitrogens is 1. The molecule has 0 aliphatic rings. The van der Waals surface area contributed by atoms with E-state index < -0.39 is 0 Å². The molecule has 1 N–H and O–H groups in total. The van der Waals surface area contributed by atoms with Crippen molar-refractivity contribution in [1.29, 1.82) is 0 Å². The minimum absolute atomic E-state index is 0.373. The summed E-state index contributed by atoms with van der Waals surface area (Å²) >= 11 is 0. The fraction of sp³-hybridized carbons (Fsp3) is 0.438. The SMILES string of the molecule is Cc1cc2c(C(C)C)cc[n+](C(C)C)c2cc1O. The molecule has 0 radical (unpaired) electrons. The van der Waals surface area contributed by atoms with Gasteiger partial charge in [0, 0.05) is 6.07 Å². The van der Waals surface area contributed by atoms with Crippen molar-refractivity contribution in [3.8, 4) is 5.75 Å². The van der Waals surface area contributed by atoms with E-state index in [4.69, 9.17) is 0 Å². The smallest absolute Gasteiger partial charge is 0.216 e. The van der Waals surface area contributed by atoms with E-state index in [-0.39, 0.29) is 0 Å². The van der Waals surface area contributed by atoms with Crippen LogP contribution < -0.4 is 4.57 Å². The Morgan fingerprint density at radius 1 is 1.11 bits per heavy atom. The maximum Gasteiger partial charge on any atom is 0.216 e. The summed E-state index contributed by atoms with van der Waals surface area (Å²) in [5.41, 5.74) is 3.38. The summed E-state index contributed by atoms with van der Waals surface area (Å²) in [7, 11) is 0. The van der Waals surface area contributed by atoms with Crippen molar-refractivity contribution in [3.63, 3.8) is 0 Å². The molecule has 1 heterocycles. The van der Waals surface area contributed by atoms with Crippen molar-refractivity contribution in [3.05, 3.63) is 35.5 Å². The van der Waals surface area contributed by atoms with Gasteiger partial charge in [-0.25, -0.2) is 0 Å². The van der Waals surface area contributed by atoms with Crippen LogP contribution in [0, 0.1) is 6.92 Å². The molecule has 0 amide bonds. The molecule has 0 saturated heterocycles. The number of hydrogen-bond acceptors (Lipinski definition) is 1. The molecular formula is C16H22NO+. The molecule has 2 nitrogen and oxygen atoms in total. The number of hydrogen-bond donors (Lipinski definition) is 1. The highest BCUT2D eigenvalue weighted by Crippen LogP contribution is 2.28. The molecule has 96 valence electrons. The van der Waals surface area contributed by atoms with Crippen LogP contribution in [-0.4, -0.2) is 5.11 Å². The van der Waals surface area contributed by atoms with Gasteiger partial charge in [0.15, 0.2) is 12.2 Å². The van der Waals surface area contributed by atoms with E-state index in [0.717, 1.165) is 11.1 Å². The average molecular weight is 244 g/mol. The lowest BCUT2D eigenvalue weighted by atomic mass is 9.97. The molecule has 0 atom stereocenters. The average Bonchev–Trinajstić information content (AvgIpc) is 2.28. The zero-order valence-electron chi connectivity index (χ0n) is 11.9. The summed E-state index contributed by atoms with van der Waals surface area (Å²) in [6, 6.07) is 6.56. The van der Waals surface area contributed by atoms with E-state index >= 15 is 0 Å². The second-order valence-electron chi connectivity index (χ2n) is 5.58. The van der Waals surface area contributed by atoms with Gasteiger partial charge < -0.3 is 5.11 Å². The lowest BCUT2D eigenvalue weighted by molar-refractivity contribution is -0.691. The summed E-state index contributed by atoms with van der Waals surface area (Å²) in [6.07, 6.45) is 2.12. The van der Waals surface area contributed by atoms with Crippen LogP contribution in [0.1, 0.15) is 50.8 Å². The fourth-order valence-corrected chi connectivity index (χ4v) is 2.41. The van der Waals surface area contributed by atoms with Gasteiger partial charge >= 0.3 is 0 Å². The number of phenols is 1. The largest absolute Gasteiger partial charge is 0.507 e. The maximum atomic E-state index is 9.94. The Balaban J connectivity index is 2.86. The summed E-state index contributed by atoms with van der Waals surface area (Å²) in [5.74, 6) is 0.857. The molecule has 2 heteroatoms. The van der Waals surface area contributed by atoms with E-state index in [0.29, 0.717) is 17.7 Å². The molecule has 0 fully saturated rings. The van der Waals surface area contributed by atoms with E-state index in [2.05, 4.69) is 50.6 Å². The molecule has 0 bridgehead atoms. The lowest BCUT2D eigenvalue weighted by Gasteiger charge is -2.12. The van der Waals surface area contributed by atoms with Crippen molar-refractivity contribution in [2.75, 3.05) is 0 Å². The molecule has 2 rings (SSSR count). The number of aromatic hydroxyl groups is 1. The van der Waals surface area contributed by atoms with Crippen molar-refractivity contribution in [2.24, 2.45) is 0 Å². The van der Waals surface area contributed by atoms with Gasteiger partial charge in [0.05, 0.1) is 11.5 Å². The highest BCUT2D eigenvalue weighted by Gasteiger charge is 2.18. The first-order chi connectivity index (χ1) is 8.41. The zero-order valence-corrected chi connectivity index (χ0v) is 11.9. The molecule has 2 aromatic rings. The van der Waals surface area contributed by atoms with Crippen LogP contribution in [0.25, 0.3) is 10.9 Å². The molecular weight excluding hydrogens is 222 g/mol. The third kappa shape index (κ3) is 2.07. The Bertz CT molecular complexity index is 533. The van der Waals surface area contributed by atoms with Gasteiger partial charge in [0.25, 0.3) is 0 Å². The van der Waals surface area contributed by atoms with Crippen LogP contribution in [0.4, 0.5) is 0 Å². The molecule has 0 saturated carbocycles. The van der Waals surface area contributed by atoms with Crippen LogP contribution in [0.2, 0.25) is 0 Å². The molecule has 0 unspecified atom stereocenters. The molecule has 1 aromatic carbocycles. The van der Waals surface area contributed by atoms with E-state index in [1.165, 1.54) is 10.9 Å². The number of benzene rings is 1. The lowest BCUT2D eigenvalue weighted by Crippen LogP contribution is -2.36. The first kappa shape index (κ1) is 12.9. The van der Waals surface area contributed by atoms with Gasteiger partial charge in [-0.15, -0.1) is 0 Å². The van der Waals surface area contributed by atoms with E-state index in [9.17, 15) is 5.11 Å². The number of aryl methyl sites for hydroxylation is 1. The first-order valence-electron chi connectivity index (χ1n) is 6.59. The van der Waals surface area contributed by atoms with Crippen LogP contribution in [0.5, 0.6) is 5.75 Å². The number of pyridine rings is 1. The quantitative estimate of drug-likeness (QED) is 0.797. The standard InChI is InChI=1S/C16H21NO/c1-10(2)13-6-7-17(11(3)4)15-9-16(18)12(5)8-14(13)15/h6-11H,1-5H3/p+1. The number of rotatable bonds is 2. The Morgan fingerprint density at radius 3 is 2.33 bits per heavy atom. The van der Waals surface area contributed by atoms with Gasteiger partial charge in [-0.2, -0.15) is 4.57 Å². The van der Waals surface area contributed by atoms with Crippen molar-refractivity contribution in [1.82, 2.24) is 0 Å². The van der Waals surface area contributed by atoms with Crippen molar-refractivity contribution in [2.45, 2.75) is 46.6 Å². The summed E-state index contributed by atoms with van der Waals surface area (Å²) in [4.78, 5) is 0. The molecule has 1 aromatic heterocycles. The van der Waals surface area contributed by atoms with Crippen LogP contribution >= 0.6 is 0 Å². The monoisotopic (exact) mass is 244 g/mol. The number of nitrogens with zero attached hydrogens (tertiary/aromatic N) is 1. The third-order valence-electron chi connectivity index (χ3n) is 3.50. The third-order valence-corrected chi connectivity index (χ3v) is 3.50. The van der Waals surface area contributed by atoms with Crippen molar-refractivity contribution >= 4 is 10.9 Å². The minimum Gasteiger partial charge on any atom is -0.507 e. The predicted molar refractivity (Wildman–Crippen MR) is 75.0 cm³/mol. The normalized spacial score (nSPS) is 11.7. The number of fused-ring (bicyclic) bond motifs is 1. The maximum absolute atomic E-state index is 9.94. The Labute approximate surface area is 109 Å². The van der Waals surface area contributed by atoms with Crippen LogP contribution in [0.15, 0.2) is 24.4 Å². The van der Waals surface area contributed by atoms with E-state index in [1.807, 2.05) is 13.0 Å².